The van der Waals surface area contributed by atoms with E-state index in [-0.39, 0.29) is 30.8 Å². The van der Waals surface area contributed by atoms with Gasteiger partial charge in [0.2, 0.25) is 17.6 Å². The van der Waals surface area contributed by atoms with Gasteiger partial charge in [-0.3, -0.25) is 37.8 Å². The Labute approximate surface area is 330 Å². The van der Waals surface area contributed by atoms with Crippen molar-refractivity contribution in [2.45, 2.75) is 68.7 Å². The maximum absolute atomic E-state index is 14.1. The van der Waals surface area contributed by atoms with Gasteiger partial charge in [0, 0.05) is 25.3 Å². The van der Waals surface area contributed by atoms with E-state index in [1.807, 2.05) is 0 Å². The molecule has 21 nitrogen and oxygen atoms in total. The molecule has 0 radical (unpaired) electrons. The number of H-pyrrole nitrogens is 1. The van der Waals surface area contributed by atoms with Crippen LogP contribution < -0.4 is 27.6 Å². The number of carbonyl (C=O) groups is 4. The number of amides is 2. The number of aliphatic hydroxyl groups excluding tert-OH is 1. The van der Waals surface area contributed by atoms with E-state index in [4.69, 9.17) is 36.2 Å². The summed E-state index contributed by atoms with van der Waals surface area (Å²) in [5.74, 6) is -8.12. The number of carboxylic acid groups (broad SMARTS) is 2. The number of hydrogen-bond donors (Lipinski definition) is 7. The molecule has 7 atom stereocenters. The average Bonchev–Trinajstić information content (AvgIpc) is 3.52. The molecule has 2 amide bonds. The van der Waals surface area contributed by atoms with Crippen molar-refractivity contribution in [1.29, 1.82) is 0 Å². The van der Waals surface area contributed by atoms with Gasteiger partial charge in [-0.15, -0.1) is 11.6 Å². The number of rotatable bonds is 24. The first kappa shape index (κ1) is 47.3. The molecule has 0 bridgehead atoms. The number of carbonyl (C=O) groups excluding carboxylic acids is 2. The largest absolute Gasteiger partial charge is 0.480 e. The minimum atomic E-state index is -4.43. The third-order valence-electron chi connectivity index (χ3n) is 8.51. The van der Waals surface area contributed by atoms with Crippen molar-refractivity contribution in [3.63, 3.8) is 0 Å². The highest BCUT2D eigenvalue weighted by Crippen LogP contribution is 2.51. The smallest absolute Gasteiger partial charge is 0.408 e. The van der Waals surface area contributed by atoms with Crippen LogP contribution in [0.25, 0.3) is 0 Å². The predicted molar refractivity (Wildman–Crippen MR) is 198 cm³/mol. The quantitative estimate of drug-likeness (QED) is 0.0395. The molecule has 0 spiro atoms. The Morgan fingerprint density at radius 2 is 1.82 bits per heavy atom. The topological polar surface area (TPSA) is 316 Å². The van der Waals surface area contributed by atoms with Crippen molar-refractivity contribution in [2.24, 2.45) is 5.73 Å². The number of nitrogens with one attached hydrogen (secondary N) is 3. The Kier molecular flexibility index (Phi) is 18.0. The van der Waals surface area contributed by atoms with E-state index in [2.05, 4.69) is 10.6 Å². The van der Waals surface area contributed by atoms with Crippen LogP contribution in [0.2, 0.25) is 0 Å². The van der Waals surface area contributed by atoms with Crippen LogP contribution in [0, 0.1) is 5.82 Å². The molecule has 2 aromatic rings. The molecule has 7 unspecified atom stereocenters. The van der Waals surface area contributed by atoms with Gasteiger partial charge in [-0.05, 0) is 31.9 Å². The monoisotopic (exact) mass is 870 g/mol. The van der Waals surface area contributed by atoms with Crippen LogP contribution in [0.3, 0.4) is 0 Å². The normalized spacial score (nSPS) is 19.6. The van der Waals surface area contributed by atoms with E-state index >= 15 is 0 Å². The summed E-state index contributed by atoms with van der Waals surface area (Å²) in [5, 5.41) is 33.8. The van der Waals surface area contributed by atoms with E-state index in [0.29, 0.717) is 23.6 Å². The molecule has 8 N–H and O–H groups in total. The van der Waals surface area contributed by atoms with Gasteiger partial charge >= 0.3 is 25.4 Å². The number of aliphatic hydroxyl groups is 1. The van der Waals surface area contributed by atoms with Gasteiger partial charge in [-0.2, -0.15) is 4.39 Å². The first-order valence-corrected chi connectivity index (χ1v) is 21.2. The number of alkyl halides is 1. The number of sulfone groups is 1. The first-order chi connectivity index (χ1) is 26.8. The summed E-state index contributed by atoms with van der Waals surface area (Å²) in [7, 11) is -7.49. The zero-order chi connectivity index (χ0) is 42.5. The first-order valence-electron chi connectivity index (χ1n) is 17.3. The van der Waals surface area contributed by atoms with Gasteiger partial charge in [0.15, 0.2) is 15.9 Å². The van der Waals surface area contributed by atoms with Crippen LogP contribution in [0.4, 0.5) is 4.39 Å². The minimum absolute atomic E-state index is 0.0749. The molecular formula is C32H45ClFN6O15PS. The minimum Gasteiger partial charge on any atom is -0.480 e. The Bertz CT molecular complexity index is 1990. The van der Waals surface area contributed by atoms with Crippen molar-refractivity contribution in [2.75, 3.05) is 44.2 Å². The molecule has 318 valence electrons. The molecule has 1 aliphatic rings. The Morgan fingerprint density at radius 1 is 1.14 bits per heavy atom. The van der Waals surface area contributed by atoms with Crippen molar-refractivity contribution in [1.82, 2.24) is 24.9 Å². The summed E-state index contributed by atoms with van der Waals surface area (Å²) in [6.45, 7) is -1.36. The van der Waals surface area contributed by atoms with Gasteiger partial charge in [0.25, 0.3) is 5.56 Å². The number of ether oxygens (including phenoxy) is 1. The molecule has 1 aromatic heterocycles. The molecule has 1 aliphatic heterocycles. The highest BCUT2D eigenvalue weighted by atomic mass is 35.5. The maximum atomic E-state index is 14.1. The molecule has 25 heteroatoms. The second-order valence-corrected chi connectivity index (χ2v) is 17.6. The Morgan fingerprint density at radius 3 is 2.46 bits per heavy atom. The highest BCUT2D eigenvalue weighted by Gasteiger charge is 2.40. The zero-order valence-electron chi connectivity index (χ0n) is 30.5. The fraction of sp³-hybridized carbons (Fsp3) is 0.562. The molecule has 1 aromatic carbocycles. The second-order valence-electron chi connectivity index (χ2n) is 12.9. The lowest BCUT2D eigenvalue weighted by atomic mass is 10.1. The third-order valence-corrected chi connectivity index (χ3v) is 12.4. The van der Waals surface area contributed by atoms with E-state index in [1.165, 1.54) is 31.3 Å². The van der Waals surface area contributed by atoms with E-state index < -0.39 is 126 Å². The summed E-state index contributed by atoms with van der Waals surface area (Å²) in [6.07, 6.45) is -3.53. The van der Waals surface area contributed by atoms with Gasteiger partial charge in [0.05, 0.1) is 37.0 Å². The summed E-state index contributed by atoms with van der Waals surface area (Å²) in [6, 6.07) is 2.40. The van der Waals surface area contributed by atoms with Crippen molar-refractivity contribution in [3.8, 4) is 0 Å². The summed E-state index contributed by atoms with van der Waals surface area (Å²) < 4.78 is 73.3. The van der Waals surface area contributed by atoms with Crippen molar-refractivity contribution >= 4 is 52.9 Å². The molecule has 2 heterocycles. The van der Waals surface area contributed by atoms with Crippen LogP contribution >= 0.6 is 19.3 Å². The van der Waals surface area contributed by atoms with E-state index in [9.17, 15) is 56.4 Å². The number of benzene rings is 1. The van der Waals surface area contributed by atoms with E-state index in [0.717, 1.165) is 4.67 Å². The number of aliphatic carboxylic acids is 2. The third kappa shape index (κ3) is 14.4. The van der Waals surface area contributed by atoms with Gasteiger partial charge < -0.3 is 36.4 Å². The lowest BCUT2D eigenvalue weighted by molar-refractivity contribution is -0.142. The average molecular weight is 871 g/mol. The molecule has 0 aliphatic carbocycles. The Balaban J connectivity index is 1.75. The molecule has 1 fully saturated rings. The number of nitrogens with two attached hydrogens (primary N) is 1. The zero-order valence-corrected chi connectivity index (χ0v) is 33.0. The highest BCUT2D eigenvalue weighted by molar-refractivity contribution is 7.91. The van der Waals surface area contributed by atoms with Crippen molar-refractivity contribution < 1.29 is 65.7 Å². The fourth-order valence-electron chi connectivity index (χ4n) is 5.32. The lowest BCUT2D eigenvalue weighted by Gasteiger charge is -2.28. The van der Waals surface area contributed by atoms with Gasteiger partial charge in [-0.1, -0.05) is 30.3 Å². The number of carboxylic acids is 2. The van der Waals surface area contributed by atoms with Gasteiger partial charge in [-0.25, -0.2) is 27.2 Å². The van der Waals surface area contributed by atoms with E-state index in [1.54, 1.807) is 11.1 Å². The molecular weight excluding hydrogens is 826 g/mol. The number of nitrogens with zero attached hydrogens (tertiary/aromatic N) is 2. The van der Waals surface area contributed by atoms with Crippen LogP contribution in [0.5, 0.6) is 0 Å². The van der Waals surface area contributed by atoms with Crippen LogP contribution in [0.15, 0.2) is 46.1 Å². The fourth-order valence-corrected chi connectivity index (χ4v) is 8.39. The molecule has 3 rings (SSSR count). The van der Waals surface area contributed by atoms with Crippen LogP contribution in [-0.4, -0.2) is 130 Å². The number of unbranched alkanes of at least 4 members (excludes halogenated alkanes) is 1. The summed E-state index contributed by atoms with van der Waals surface area (Å²) in [5.41, 5.74) is 3.29. The molecule has 57 heavy (non-hydrogen) atoms. The molecule has 1 saturated heterocycles. The van der Waals surface area contributed by atoms with Crippen molar-refractivity contribution in [3.05, 3.63) is 68.7 Å². The summed E-state index contributed by atoms with van der Waals surface area (Å²) >= 11 is 5.76. The standard InChI is InChI=1S/C32H45ClFN6O15PS/c1-39(12-6-5-11-33)56(50,54-17-24-23(41)15-26(55-24)40-16-20(34)28(43)38-32(40)49)53-13-14-57(51,52)18-22(36-25(42)10-9-21(35)30(45)46)29(44)37-27(31(47)48)19-7-3-2-4-8-19/h2-4,7-8,16,21-24,26-27,41H,5-6,9-15,17-18,35H2,1H3,(H,36,42)(H,37,44)(H,45,46)(H,47,48)(H,38,43,49). The maximum Gasteiger partial charge on any atom is 0.408 e. The number of aromatic amines is 1. The predicted octanol–water partition coefficient (Wildman–Crippen LogP) is -0.550. The Hall–Kier alpha value is -4.06. The molecule has 0 saturated carbocycles. The number of aromatic nitrogens is 2. The van der Waals surface area contributed by atoms with Crippen LogP contribution in [0.1, 0.15) is 49.9 Å². The second kappa shape index (κ2) is 21.6. The number of halogens is 2. The summed E-state index contributed by atoms with van der Waals surface area (Å²) in [4.78, 5) is 74.6. The number of hydrogen-bond acceptors (Lipinski definition) is 14. The van der Waals surface area contributed by atoms with Crippen LogP contribution in [-0.2, 0) is 47.4 Å². The SMILES string of the molecule is CN(CCCCCl)P(=O)(OCCS(=O)(=O)CC(NC(=O)CCC(N)C(=O)O)C(=O)NC(C(=O)O)c1ccccc1)OCC1OC(n2cc(F)c(=O)[nH]c2=O)CC1O. The van der Waals surface area contributed by atoms with Gasteiger partial charge in [0.1, 0.15) is 24.4 Å². The lowest BCUT2D eigenvalue weighted by Crippen LogP contribution is -2.52.